The summed E-state index contributed by atoms with van der Waals surface area (Å²) in [5.41, 5.74) is -0.306. The van der Waals surface area contributed by atoms with E-state index >= 15 is 0 Å². The summed E-state index contributed by atoms with van der Waals surface area (Å²) in [5.74, 6) is -3.47. The number of ether oxygens (including phenoxy) is 1. The molecule has 29 heavy (non-hydrogen) atoms. The molecule has 0 radical (unpaired) electrons. The molecule has 5 nitrogen and oxygen atoms in total. The highest BCUT2D eigenvalue weighted by Gasteiger charge is 2.54. The topological polar surface area (TPSA) is 67.4 Å². The van der Waals surface area contributed by atoms with E-state index in [9.17, 15) is 21.6 Å². The molecule has 1 heterocycles. The molecule has 2 aliphatic rings. The molecule has 9 heteroatoms. The molecule has 0 aromatic heterocycles. The number of sulfonamides is 1. The smallest absolute Gasteiger partial charge is 0.238 e. The van der Waals surface area contributed by atoms with Crippen molar-refractivity contribution in [3.8, 4) is 5.75 Å². The number of allylic oxidation sites excluding steroid dienone is 1. The van der Waals surface area contributed by atoms with E-state index in [-0.39, 0.29) is 23.7 Å². The lowest BCUT2D eigenvalue weighted by Gasteiger charge is -2.23. The predicted octanol–water partition coefficient (Wildman–Crippen LogP) is 4.77. The van der Waals surface area contributed by atoms with E-state index in [1.165, 1.54) is 12.1 Å². The molecule has 4 rings (SSSR count). The maximum Gasteiger partial charge on any atom is 0.238 e. The summed E-state index contributed by atoms with van der Waals surface area (Å²) in [5, 5.41) is 2.49. The monoisotopic (exact) mass is 424 g/mol. The highest BCUT2D eigenvalue weighted by Crippen LogP contribution is 2.49. The largest absolute Gasteiger partial charge is 0.487 e. The summed E-state index contributed by atoms with van der Waals surface area (Å²) in [6.07, 6.45) is 4.56. The lowest BCUT2D eigenvalue weighted by molar-refractivity contribution is 0.360. The summed E-state index contributed by atoms with van der Waals surface area (Å²) in [7, 11) is -3.93. The van der Waals surface area contributed by atoms with Gasteiger partial charge < -0.3 is 10.1 Å². The van der Waals surface area contributed by atoms with E-state index in [1.807, 2.05) is 0 Å². The first-order valence-corrected chi connectivity index (χ1v) is 10.6. The van der Waals surface area contributed by atoms with Crippen LogP contribution in [-0.2, 0) is 10.0 Å². The van der Waals surface area contributed by atoms with E-state index in [4.69, 9.17) is 4.74 Å². The molecule has 1 spiro atoms. The summed E-state index contributed by atoms with van der Waals surface area (Å²) in [6, 6.07) is 4.95. The number of aryl methyl sites for hydroxylation is 1. The molecule has 1 saturated carbocycles. The number of hydrogen-bond donors (Lipinski definition) is 2. The van der Waals surface area contributed by atoms with E-state index in [0.29, 0.717) is 24.8 Å². The second kappa shape index (κ2) is 6.98. The third-order valence-electron chi connectivity index (χ3n) is 5.17. The van der Waals surface area contributed by atoms with Crippen LogP contribution in [0.5, 0.6) is 5.75 Å². The Morgan fingerprint density at radius 2 is 1.86 bits per heavy atom. The third kappa shape index (κ3) is 3.55. The molecular formula is C20H19F3N2O3S. The van der Waals surface area contributed by atoms with Crippen molar-refractivity contribution in [1.82, 2.24) is 0 Å². The number of nitrogens with one attached hydrogen (secondary N) is 2. The fourth-order valence-electron chi connectivity index (χ4n) is 3.26. The third-order valence-corrected chi connectivity index (χ3v) is 7.36. The Morgan fingerprint density at radius 1 is 1.10 bits per heavy atom. The Morgan fingerprint density at radius 3 is 2.55 bits per heavy atom. The van der Waals surface area contributed by atoms with E-state index in [0.717, 1.165) is 6.07 Å². The molecule has 2 N–H and O–H groups in total. The van der Waals surface area contributed by atoms with E-state index in [1.54, 1.807) is 25.1 Å². The van der Waals surface area contributed by atoms with Gasteiger partial charge in [-0.1, -0.05) is 18.2 Å². The average molecular weight is 424 g/mol. The molecule has 2 aromatic rings. The maximum absolute atomic E-state index is 14.7. The maximum atomic E-state index is 14.7. The van der Waals surface area contributed by atoms with Gasteiger partial charge in [0, 0.05) is 6.07 Å². The van der Waals surface area contributed by atoms with Crippen LogP contribution in [0.3, 0.4) is 0 Å². The minimum absolute atomic E-state index is 0.0498. The van der Waals surface area contributed by atoms with Gasteiger partial charge in [-0.15, -0.1) is 0 Å². The number of fused-ring (bicyclic) bond motifs is 1. The highest BCUT2D eigenvalue weighted by molar-refractivity contribution is 7.94. The molecule has 0 atom stereocenters. The van der Waals surface area contributed by atoms with Gasteiger partial charge in [-0.3, -0.25) is 4.72 Å². The van der Waals surface area contributed by atoms with Crippen molar-refractivity contribution >= 4 is 27.1 Å². The van der Waals surface area contributed by atoms with Crippen LogP contribution in [0, 0.1) is 24.4 Å². The van der Waals surface area contributed by atoms with Gasteiger partial charge in [0.15, 0.2) is 11.6 Å². The van der Waals surface area contributed by atoms with Crippen LogP contribution in [0.25, 0.3) is 0 Å². The van der Waals surface area contributed by atoms with Crippen molar-refractivity contribution in [3.05, 3.63) is 59.4 Å². The van der Waals surface area contributed by atoms with Crippen molar-refractivity contribution in [2.24, 2.45) is 0 Å². The molecule has 1 aliphatic heterocycles. The first-order valence-electron chi connectivity index (χ1n) is 9.08. The fraction of sp³-hybridized carbons (Fsp3) is 0.300. The normalized spacial score (nSPS) is 20.1. The van der Waals surface area contributed by atoms with Gasteiger partial charge in [-0.25, -0.2) is 21.6 Å². The lowest BCUT2D eigenvalue weighted by atomic mass is 10.2. The zero-order valence-electron chi connectivity index (χ0n) is 15.6. The molecule has 154 valence electrons. The van der Waals surface area contributed by atoms with Crippen LogP contribution in [0.2, 0.25) is 0 Å². The fourth-order valence-corrected chi connectivity index (χ4v) is 4.90. The van der Waals surface area contributed by atoms with Gasteiger partial charge in [0.05, 0.1) is 10.4 Å². The molecule has 1 aliphatic carbocycles. The Kier molecular flexibility index (Phi) is 4.72. The Hall–Kier alpha value is -2.68. The Balaban J connectivity index is 1.86. The van der Waals surface area contributed by atoms with Crippen molar-refractivity contribution in [3.63, 3.8) is 0 Å². The van der Waals surface area contributed by atoms with Crippen LogP contribution >= 0.6 is 0 Å². The standard InChI is InChI=1S/C20H19F3N2O3S/c1-12-4-5-15(13(21)10-12)24-19-17(23)14(22)11-16-18(19)25-29(26,27)20(7-8-20)6-2-3-9-28-16/h2-5,10-11,24-25H,6-9H2,1H3/b3-2+. The number of hydrogen-bond acceptors (Lipinski definition) is 4. The van der Waals surface area contributed by atoms with E-state index in [2.05, 4.69) is 10.0 Å². The molecule has 0 unspecified atom stereocenters. The van der Waals surface area contributed by atoms with Gasteiger partial charge in [0.1, 0.15) is 29.5 Å². The zero-order valence-corrected chi connectivity index (χ0v) is 16.4. The average Bonchev–Trinajstić information content (AvgIpc) is 3.44. The molecule has 0 saturated heterocycles. The van der Waals surface area contributed by atoms with Gasteiger partial charge in [-0.05, 0) is 43.9 Å². The van der Waals surface area contributed by atoms with Crippen molar-refractivity contribution in [1.29, 1.82) is 0 Å². The predicted molar refractivity (Wildman–Crippen MR) is 105 cm³/mol. The first-order chi connectivity index (χ1) is 13.7. The number of benzene rings is 2. The number of rotatable bonds is 2. The Labute approximate surface area is 166 Å². The van der Waals surface area contributed by atoms with Gasteiger partial charge in [-0.2, -0.15) is 0 Å². The van der Waals surface area contributed by atoms with Crippen LogP contribution in [0.4, 0.5) is 30.2 Å². The quantitative estimate of drug-likeness (QED) is 0.682. The molecule has 0 bridgehead atoms. The molecule has 0 amide bonds. The molecular weight excluding hydrogens is 405 g/mol. The van der Waals surface area contributed by atoms with Crippen LogP contribution in [0.1, 0.15) is 24.8 Å². The van der Waals surface area contributed by atoms with Crippen molar-refractivity contribution in [2.45, 2.75) is 30.9 Å². The molecule has 1 fully saturated rings. The lowest BCUT2D eigenvalue weighted by Crippen LogP contribution is -2.30. The number of anilines is 3. The number of halogens is 3. The van der Waals surface area contributed by atoms with E-state index < -0.39 is 37.9 Å². The molecule has 2 aromatic carbocycles. The minimum Gasteiger partial charge on any atom is -0.487 e. The summed E-state index contributed by atoms with van der Waals surface area (Å²) >= 11 is 0. The second-order valence-corrected chi connectivity index (χ2v) is 9.38. The van der Waals surface area contributed by atoms with Crippen molar-refractivity contribution < 1.29 is 26.3 Å². The SMILES string of the molecule is Cc1ccc(Nc2c(F)c(F)cc3c2NS(=O)(=O)C2(C/C=C/CO3)CC2)c(F)c1. The summed E-state index contributed by atoms with van der Waals surface area (Å²) < 4.78 is 76.0. The van der Waals surface area contributed by atoms with Gasteiger partial charge >= 0.3 is 0 Å². The van der Waals surface area contributed by atoms with Crippen LogP contribution in [0.15, 0.2) is 36.4 Å². The van der Waals surface area contributed by atoms with Gasteiger partial charge in [0.2, 0.25) is 10.0 Å². The van der Waals surface area contributed by atoms with Crippen molar-refractivity contribution in [2.75, 3.05) is 16.6 Å². The summed E-state index contributed by atoms with van der Waals surface area (Å²) in [6.45, 7) is 1.73. The first kappa shape index (κ1) is 19.6. The van der Waals surface area contributed by atoms with Crippen LogP contribution < -0.4 is 14.8 Å². The second-order valence-electron chi connectivity index (χ2n) is 7.30. The van der Waals surface area contributed by atoms with Gasteiger partial charge in [0.25, 0.3) is 0 Å². The summed E-state index contributed by atoms with van der Waals surface area (Å²) in [4.78, 5) is 0. The Bertz CT molecular complexity index is 1110. The highest BCUT2D eigenvalue weighted by atomic mass is 32.2. The zero-order chi connectivity index (χ0) is 20.8. The van der Waals surface area contributed by atoms with Crippen LogP contribution in [-0.4, -0.2) is 19.8 Å². The minimum atomic E-state index is -3.93.